The Labute approximate surface area is 208 Å². The third kappa shape index (κ3) is 6.64. The molecule has 0 radical (unpaired) electrons. The summed E-state index contributed by atoms with van der Waals surface area (Å²) in [5, 5.41) is 14.6. The summed E-state index contributed by atoms with van der Waals surface area (Å²) in [6, 6.07) is 18.7. The molecule has 0 aromatic heterocycles. The second-order valence-corrected chi connectivity index (χ2v) is 9.32. The van der Waals surface area contributed by atoms with E-state index >= 15 is 0 Å². The van der Waals surface area contributed by atoms with Gasteiger partial charge < -0.3 is 9.47 Å². The summed E-state index contributed by atoms with van der Waals surface area (Å²) in [5.74, 6) is -0.192. The maximum Gasteiger partial charge on any atom is 0.269 e. The van der Waals surface area contributed by atoms with E-state index in [4.69, 9.17) is 9.47 Å². The van der Waals surface area contributed by atoms with Crippen LogP contribution < -0.4 is 14.9 Å². The summed E-state index contributed by atoms with van der Waals surface area (Å²) in [7, 11) is -1.38. The summed E-state index contributed by atoms with van der Waals surface area (Å²) in [5.41, 5.74) is 3.41. The van der Waals surface area contributed by atoms with Crippen LogP contribution in [0.1, 0.15) is 11.1 Å². The summed E-state index contributed by atoms with van der Waals surface area (Å²) in [6.07, 6.45) is 1.30. The minimum Gasteiger partial charge on any atom is -0.497 e. The first kappa shape index (κ1) is 26.3. The number of sulfonamides is 1. The monoisotopic (exact) mass is 512 g/mol. The zero-order valence-electron chi connectivity index (χ0n) is 19.5. The Bertz CT molecular complexity index is 1340. The largest absolute Gasteiger partial charge is 0.497 e. The van der Waals surface area contributed by atoms with Crippen LogP contribution in [-0.4, -0.2) is 50.5 Å². The third-order valence-corrected chi connectivity index (χ3v) is 6.85. The van der Waals surface area contributed by atoms with Gasteiger partial charge in [-0.05, 0) is 35.4 Å². The fourth-order valence-electron chi connectivity index (χ4n) is 3.20. The quantitative estimate of drug-likeness (QED) is 0.237. The fraction of sp³-hybridized carbons (Fsp3) is 0.167. The van der Waals surface area contributed by atoms with E-state index in [0.29, 0.717) is 16.9 Å². The molecule has 12 heteroatoms. The fourth-order valence-corrected chi connectivity index (χ4v) is 4.72. The van der Waals surface area contributed by atoms with Crippen LogP contribution in [0.3, 0.4) is 0 Å². The van der Waals surface area contributed by atoms with Gasteiger partial charge in [-0.3, -0.25) is 14.9 Å². The first-order valence-corrected chi connectivity index (χ1v) is 12.0. The lowest BCUT2D eigenvalue weighted by Crippen LogP contribution is -2.39. The molecule has 36 heavy (non-hydrogen) atoms. The molecule has 3 aromatic rings. The van der Waals surface area contributed by atoms with Gasteiger partial charge in [-0.2, -0.15) is 9.41 Å². The van der Waals surface area contributed by atoms with E-state index in [9.17, 15) is 23.3 Å². The average Bonchev–Trinajstić information content (AvgIpc) is 2.88. The molecule has 0 atom stereocenters. The Morgan fingerprint density at radius 1 is 1.06 bits per heavy atom. The molecule has 1 N–H and O–H groups in total. The number of hydrogen-bond acceptors (Lipinski definition) is 8. The number of benzene rings is 3. The van der Waals surface area contributed by atoms with Crippen molar-refractivity contribution in [2.45, 2.75) is 11.4 Å². The van der Waals surface area contributed by atoms with Crippen LogP contribution in [0.5, 0.6) is 11.5 Å². The van der Waals surface area contributed by atoms with Crippen molar-refractivity contribution >= 4 is 27.8 Å². The van der Waals surface area contributed by atoms with Gasteiger partial charge in [0.05, 0.1) is 31.9 Å². The van der Waals surface area contributed by atoms with Gasteiger partial charge in [0.1, 0.15) is 16.4 Å². The molecule has 0 bridgehead atoms. The lowest BCUT2D eigenvalue weighted by atomic mass is 10.2. The van der Waals surface area contributed by atoms with Crippen molar-refractivity contribution in [1.82, 2.24) is 9.73 Å². The van der Waals surface area contributed by atoms with E-state index in [-0.39, 0.29) is 22.9 Å². The van der Waals surface area contributed by atoms with Crippen molar-refractivity contribution < 1.29 is 27.6 Å². The highest BCUT2D eigenvalue weighted by Gasteiger charge is 2.30. The van der Waals surface area contributed by atoms with Crippen LogP contribution in [0.25, 0.3) is 0 Å². The van der Waals surface area contributed by atoms with Crippen molar-refractivity contribution in [2.75, 3.05) is 20.8 Å². The van der Waals surface area contributed by atoms with E-state index in [1.54, 1.807) is 30.3 Å². The molecular weight excluding hydrogens is 488 g/mol. The molecule has 0 spiro atoms. The zero-order chi connectivity index (χ0) is 26.1. The highest BCUT2D eigenvalue weighted by atomic mass is 32.2. The van der Waals surface area contributed by atoms with Crippen LogP contribution in [-0.2, 0) is 21.4 Å². The smallest absolute Gasteiger partial charge is 0.269 e. The minimum absolute atomic E-state index is 0.0716. The summed E-state index contributed by atoms with van der Waals surface area (Å²) in [6.45, 7) is -0.595. The van der Waals surface area contributed by atoms with E-state index < -0.39 is 27.4 Å². The van der Waals surface area contributed by atoms with Gasteiger partial charge in [0, 0.05) is 24.7 Å². The molecule has 0 aliphatic rings. The van der Waals surface area contributed by atoms with Gasteiger partial charge >= 0.3 is 0 Å². The van der Waals surface area contributed by atoms with Gasteiger partial charge in [-0.1, -0.05) is 30.3 Å². The Morgan fingerprint density at radius 2 is 1.75 bits per heavy atom. The highest BCUT2D eigenvalue weighted by molar-refractivity contribution is 7.89. The topological polar surface area (TPSA) is 140 Å². The molecule has 0 unspecified atom stereocenters. The summed E-state index contributed by atoms with van der Waals surface area (Å²) >= 11 is 0. The van der Waals surface area contributed by atoms with E-state index in [0.717, 1.165) is 4.31 Å². The molecular formula is C24H24N4O7S. The zero-order valence-corrected chi connectivity index (χ0v) is 20.3. The minimum atomic E-state index is -4.18. The number of rotatable bonds is 11. The second kappa shape index (κ2) is 11.9. The average molecular weight is 513 g/mol. The number of amides is 1. The van der Waals surface area contributed by atoms with E-state index in [2.05, 4.69) is 10.5 Å². The van der Waals surface area contributed by atoms with Crippen molar-refractivity contribution in [1.29, 1.82) is 0 Å². The molecule has 188 valence electrons. The number of nitrogens with one attached hydrogen (secondary N) is 1. The Morgan fingerprint density at radius 3 is 2.36 bits per heavy atom. The predicted molar refractivity (Wildman–Crippen MR) is 132 cm³/mol. The number of nitro benzene ring substituents is 1. The highest BCUT2D eigenvalue weighted by Crippen LogP contribution is 2.31. The van der Waals surface area contributed by atoms with Crippen LogP contribution in [0.2, 0.25) is 0 Å². The Balaban J connectivity index is 1.82. The number of methoxy groups -OCH3 is 2. The molecule has 3 aromatic carbocycles. The van der Waals surface area contributed by atoms with Crippen LogP contribution in [0.4, 0.5) is 5.69 Å². The molecule has 0 heterocycles. The van der Waals surface area contributed by atoms with Gasteiger partial charge in [0.15, 0.2) is 0 Å². The number of hydrogen-bond donors (Lipinski definition) is 1. The van der Waals surface area contributed by atoms with Gasteiger partial charge in [-0.15, -0.1) is 0 Å². The predicted octanol–water partition coefficient (Wildman–Crippen LogP) is 2.95. The van der Waals surface area contributed by atoms with Gasteiger partial charge in [0.2, 0.25) is 10.0 Å². The SMILES string of the molecule is COc1ccc(S(=O)(=O)N(CC(=O)N/N=C\c2ccc([N+](=O)[O-])cc2)Cc2ccccc2)c(OC)c1. The number of nitrogens with zero attached hydrogens (tertiary/aromatic N) is 3. The molecule has 0 fully saturated rings. The lowest BCUT2D eigenvalue weighted by molar-refractivity contribution is -0.384. The van der Waals surface area contributed by atoms with Gasteiger partial charge in [0.25, 0.3) is 11.6 Å². The Hall–Kier alpha value is -4.29. The number of carbonyl (C=O) groups is 1. The number of hydrazone groups is 1. The first-order chi connectivity index (χ1) is 17.2. The van der Waals surface area contributed by atoms with Crippen LogP contribution >= 0.6 is 0 Å². The maximum absolute atomic E-state index is 13.6. The number of ether oxygens (including phenoxy) is 2. The molecule has 3 rings (SSSR count). The molecule has 1 amide bonds. The number of carbonyl (C=O) groups excluding carboxylic acids is 1. The lowest BCUT2D eigenvalue weighted by Gasteiger charge is -2.22. The molecule has 0 saturated heterocycles. The molecule has 11 nitrogen and oxygen atoms in total. The normalized spacial score (nSPS) is 11.4. The molecule has 0 saturated carbocycles. The van der Waals surface area contributed by atoms with Crippen molar-refractivity contribution in [3.8, 4) is 11.5 Å². The number of non-ortho nitro benzene ring substituents is 1. The van der Waals surface area contributed by atoms with Crippen LogP contribution in [0, 0.1) is 10.1 Å². The van der Waals surface area contributed by atoms with Crippen molar-refractivity contribution in [3.05, 3.63) is 94.0 Å². The molecule has 0 aliphatic carbocycles. The maximum atomic E-state index is 13.6. The van der Waals surface area contributed by atoms with Crippen molar-refractivity contribution in [3.63, 3.8) is 0 Å². The van der Waals surface area contributed by atoms with Gasteiger partial charge in [-0.25, -0.2) is 13.8 Å². The summed E-state index contributed by atoms with van der Waals surface area (Å²) < 4.78 is 38.6. The third-order valence-electron chi connectivity index (χ3n) is 5.02. The van der Waals surface area contributed by atoms with Crippen molar-refractivity contribution in [2.24, 2.45) is 5.10 Å². The second-order valence-electron chi connectivity index (χ2n) is 7.42. The van der Waals surface area contributed by atoms with E-state index in [1.165, 1.54) is 62.9 Å². The van der Waals surface area contributed by atoms with Crippen LogP contribution in [0.15, 0.2) is 82.8 Å². The standard InChI is InChI=1S/C24H24N4O7S/c1-34-21-12-13-23(22(14-21)35-2)36(32,33)27(16-19-6-4-3-5-7-19)17-24(29)26-25-15-18-8-10-20(11-9-18)28(30)31/h3-15H,16-17H2,1-2H3,(H,26,29)/b25-15-. The number of nitro groups is 1. The Kier molecular flexibility index (Phi) is 8.71. The van der Waals surface area contributed by atoms with E-state index in [1.807, 2.05) is 0 Å². The molecule has 0 aliphatic heterocycles. The first-order valence-electron chi connectivity index (χ1n) is 10.6. The summed E-state index contributed by atoms with van der Waals surface area (Å²) in [4.78, 5) is 22.7.